The van der Waals surface area contributed by atoms with Crippen molar-refractivity contribution in [2.75, 3.05) is 0 Å². The lowest BCUT2D eigenvalue weighted by molar-refractivity contribution is 0.422. The van der Waals surface area contributed by atoms with E-state index in [1.165, 1.54) is 11.1 Å². The third-order valence-electron chi connectivity index (χ3n) is 2.65. The van der Waals surface area contributed by atoms with Crippen molar-refractivity contribution in [3.63, 3.8) is 0 Å². The van der Waals surface area contributed by atoms with Crippen LogP contribution in [0.15, 0.2) is 29.6 Å². The van der Waals surface area contributed by atoms with Gasteiger partial charge in [-0.3, -0.25) is 0 Å². The fourth-order valence-electron chi connectivity index (χ4n) is 1.57. The van der Waals surface area contributed by atoms with Crippen LogP contribution >= 0.6 is 11.3 Å². The zero-order valence-electron chi connectivity index (χ0n) is 11.4. The summed E-state index contributed by atoms with van der Waals surface area (Å²) in [5.41, 5.74) is 3.73. The molecule has 0 aliphatic heterocycles. The summed E-state index contributed by atoms with van der Waals surface area (Å²) in [7, 11) is 0. The molecule has 18 heavy (non-hydrogen) atoms. The van der Waals surface area contributed by atoms with Crippen LogP contribution in [0.4, 0.5) is 0 Å². The number of aryl methyl sites for hydroxylation is 1. The maximum Gasteiger partial charge on any atom is 0.123 e. The van der Waals surface area contributed by atoms with Crippen LogP contribution in [-0.4, -0.2) is 10.5 Å². The lowest BCUT2D eigenvalue weighted by Gasteiger charge is -2.19. The lowest BCUT2D eigenvalue weighted by atomic mass is 10.1. The Bertz CT molecular complexity index is 506. The summed E-state index contributed by atoms with van der Waals surface area (Å²) in [6.07, 6.45) is 0. The third kappa shape index (κ3) is 3.65. The highest BCUT2D eigenvalue weighted by atomic mass is 32.1. The standard InChI is InChI=1S/C15H20N2S/c1-11-5-7-12(8-6-11)14-17-13(10-18-14)9-16-15(2,3)4/h5-8,10,16H,9H2,1-4H3. The summed E-state index contributed by atoms with van der Waals surface area (Å²) in [5.74, 6) is 0. The SMILES string of the molecule is Cc1ccc(-c2nc(CNC(C)(C)C)cs2)cc1. The summed E-state index contributed by atoms with van der Waals surface area (Å²) in [4.78, 5) is 4.67. The van der Waals surface area contributed by atoms with Crippen molar-refractivity contribution in [2.45, 2.75) is 39.8 Å². The maximum atomic E-state index is 4.67. The van der Waals surface area contributed by atoms with Crippen LogP contribution in [0.2, 0.25) is 0 Å². The molecule has 0 aliphatic carbocycles. The van der Waals surface area contributed by atoms with Crippen molar-refractivity contribution in [2.24, 2.45) is 0 Å². The van der Waals surface area contributed by atoms with E-state index in [4.69, 9.17) is 0 Å². The Labute approximate surface area is 113 Å². The average Bonchev–Trinajstić information content (AvgIpc) is 2.75. The fraction of sp³-hybridized carbons (Fsp3) is 0.400. The molecule has 0 spiro atoms. The molecule has 96 valence electrons. The molecule has 0 aliphatic rings. The largest absolute Gasteiger partial charge is 0.306 e. The first-order valence-corrected chi connectivity index (χ1v) is 7.08. The number of hydrogen-bond donors (Lipinski definition) is 1. The highest BCUT2D eigenvalue weighted by Gasteiger charge is 2.10. The van der Waals surface area contributed by atoms with E-state index in [0.29, 0.717) is 0 Å². The van der Waals surface area contributed by atoms with Crippen molar-refractivity contribution in [1.82, 2.24) is 10.3 Å². The monoisotopic (exact) mass is 260 g/mol. The minimum absolute atomic E-state index is 0.133. The summed E-state index contributed by atoms with van der Waals surface area (Å²) < 4.78 is 0. The molecule has 0 fully saturated rings. The van der Waals surface area contributed by atoms with Gasteiger partial charge in [0.1, 0.15) is 5.01 Å². The number of rotatable bonds is 3. The topological polar surface area (TPSA) is 24.9 Å². The van der Waals surface area contributed by atoms with E-state index in [1.807, 2.05) is 0 Å². The second kappa shape index (κ2) is 5.21. The first kappa shape index (κ1) is 13.2. The van der Waals surface area contributed by atoms with Crippen LogP contribution in [0.5, 0.6) is 0 Å². The molecule has 0 saturated heterocycles. The summed E-state index contributed by atoms with van der Waals surface area (Å²) in [6, 6.07) is 8.53. The van der Waals surface area contributed by atoms with Crippen LogP contribution in [0.1, 0.15) is 32.0 Å². The highest BCUT2D eigenvalue weighted by molar-refractivity contribution is 7.13. The second-order valence-corrected chi connectivity index (χ2v) is 6.47. The van der Waals surface area contributed by atoms with E-state index in [-0.39, 0.29) is 5.54 Å². The van der Waals surface area contributed by atoms with E-state index >= 15 is 0 Å². The molecule has 2 nitrogen and oxygen atoms in total. The van der Waals surface area contributed by atoms with Gasteiger partial charge in [0.05, 0.1) is 5.69 Å². The molecule has 1 heterocycles. The summed E-state index contributed by atoms with van der Waals surface area (Å²) in [6.45, 7) is 9.43. The number of nitrogens with zero attached hydrogens (tertiary/aromatic N) is 1. The molecule has 0 bridgehead atoms. The first-order chi connectivity index (χ1) is 8.44. The minimum Gasteiger partial charge on any atom is -0.306 e. The third-order valence-corrected chi connectivity index (χ3v) is 3.59. The number of aromatic nitrogens is 1. The number of nitrogens with one attached hydrogen (secondary N) is 1. The van der Waals surface area contributed by atoms with Gasteiger partial charge in [-0.2, -0.15) is 0 Å². The molecular weight excluding hydrogens is 240 g/mol. The van der Waals surface area contributed by atoms with Gasteiger partial charge in [0.2, 0.25) is 0 Å². The molecule has 1 aromatic heterocycles. The smallest absolute Gasteiger partial charge is 0.123 e. The van der Waals surface area contributed by atoms with Gasteiger partial charge in [-0.15, -0.1) is 11.3 Å². The van der Waals surface area contributed by atoms with Crippen LogP contribution in [0.3, 0.4) is 0 Å². The molecule has 0 atom stereocenters. The Hall–Kier alpha value is -1.19. The van der Waals surface area contributed by atoms with E-state index < -0.39 is 0 Å². The number of benzene rings is 1. The zero-order chi connectivity index (χ0) is 13.2. The van der Waals surface area contributed by atoms with Gasteiger partial charge in [-0.05, 0) is 27.7 Å². The second-order valence-electron chi connectivity index (χ2n) is 5.61. The van der Waals surface area contributed by atoms with Gasteiger partial charge in [0.15, 0.2) is 0 Å². The predicted octanol–water partition coefficient (Wildman–Crippen LogP) is 4.01. The molecular formula is C15H20N2S. The van der Waals surface area contributed by atoms with Crippen LogP contribution in [-0.2, 0) is 6.54 Å². The van der Waals surface area contributed by atoms with Crippen molar-refractivity contribution in [3.8, 4) is 10.6 Å². The predicted molar refractivity (Wildman–Crippen MR) is 78.9 cm³/mol. The molecule has 3 heteroatoms. The van der Waals surface area contributed by atoms with Crippen LogP contribution < -0.4 is 5.32 Å². The Morgan fingerprint density at radius 1 is 1.17 bits per heavy atom. The van der Waals surface area contributed by atoms with Gasteiger partial charge in [-0.25, -0.2) is 4.98 Å². The molecule has 0 amide bonds. The zero-order valence-corrected chi connectivity index (χ0v) is 12.3. The normalized spacial score (nSPS) is 11.8. The quantitative estimate of drug-likeness (QED) is 0.902. The lowest BCUT2D eigenvalue weighted by Crippen LogP contribution is -2.35. The summed E-state index contributed by atoms with van der Waals surface area (Å²) in [5, 5.41) is 6.69. The highest BCUT2D eigenvalue weighted by Crippen LogP contribution is 2.24. The Morgan fingerprint density at radius 3 is 2.44 bits per heavy atom. The fourth-order valence-corrected chi connectivity index (χ4v) is 2.40. The van der Waals surface area contributed by atoms with Crippen molar-refractivity contribution < 1.29 is 0 Å². The molecule has 2 rings (SSSR count). The number of hydrogen-bond acceptors (Lipinski definition) is 3. The summed E-state index contributed by atoms with van der Waals surface area (Å²) >= 11 is 1.71. The van der Waals surface area contributed by atoms with Gasteiger partial charge in [0, 0.05) is 23.0 Å². The molecule has 0 radical (unpaired) electrons. The van der Waals surface area contributed by atoms with Crippen molar-refractivity contribution in [1.29, 1.82) is 0 Å². The molecule has 1 aromatic carbocycles. The van der Waals surface area contributed by atoms with Gasteiger partial charge >= 0.3 is 0 Å². The molecule has 2 aromatic rings. The maximum absolute atomic E-state index is 4.67. The Kier molecular flexibility index (Phi) is 3.83. The van der Waals surface area contributed by atoms with Crippen LogP contribution in [0.25, 0.3) is 10.6 Å². The van der Waals surface area contributed by atoms with E-state index in [0.717, 1.165) is 17.2 Å². The van der Waals surface area contributed by atoms with Crippen molar-refractivity contribution in [3.05, 3.63) is 40.9 Å². The minimum atomic E-state index is 0.133. The van der Waals surface area contributed by atoms with Crippen molar-refractivity contribution >= 4 is 11.3 Å². The number of thiazole rings is 1. The molecule has 0 unspecified atom stereocenters. The van der Waals surface area contributed by atoms with Crippen LogP contribution in [0, 0.1) is 6.92 Å². The first-order valence-electron chi connectivity index (χ1n) is 6.20. The van der Waals surface area contributed by atoms with E-state index in [2.05, 4.69) is 67.6 Å². The molecule has 1 N–H and O–H groups in total. The van der Waals surface area contributed by atoms with E-state index in [9.17, 15) is 0 Å². The Balaban J connectivity index is 2.08. The average molecular weight is 260 g/mol. The van der Waals surface area contributed by atoms with Gasteiger partial charge in [0.25, 0.3) is 0 Å². The van der Waals surface area contributed by atoms with Gasteiger partial charge < -0.3 is 5.32 Å². The molecule has 0 saturated carbocycles. The Morgan fingerprint density at radius 2 is 1.83 bits per heavy atom. The van der Waals surface area contributed by atoms with E-state index in [1.54, 1.807) is 11.3 Å². The van der Waals surface area contributed by atoms with Gasteiger partial charge in [-0.1, -0.05) is 29.8 Å².